The van der Waals surface area contributed by atoms with E-state index in [0.29, 0.717) is 12.4 Å². The van der Waals surface area contributed by atoms with Gasteiger partial charge in [0, 0.05) is 40.6 Å². The van der Waals surface area contributed by atoms with Gasteiger partial charge in [-0.15, -0.1) is 0 Å². The number of hydrogen-bond donors (Lipinski definition) is 1. The van der Waals surface area contributed by atoms with Crippen LogP contribution in [0.25, 0.3) is 5.95 Å². The predicted molar refractivity (Wildman–Crippen MR) is 139 cm³/mol. The summed E-state index contributed by atoms with van der Waals surface area (Å²) in [5.74, 6) is 1.46. The summed E-state index contributed by atoms with van der Waals surface area (Å²) in [5.41, 5.74) is 7.93. The summed E-state index contributed by atoms with van der Waals surface area (Å²) >= 11 is 0. The number of nitrogens with zero attached hydrogens (tertiary/aromatic N) is 4. The third-order valence-electron chi connectivity index (χ3n) is 7.14. The fourth-order valence-corrected chi connectivity index (χ4v) is 5.53. The molecule has 0 bridgehead atoms. The lowest BCUT2D eigenvalue weighted by molar-refractivity contribution is -0.118. The van der Waals surface area contributed by atoms with Crippen LogP contribution in [0.2, 0.25) is 0 Å². The van der Waals surface area contributed by atoms with E-state index in [4.69, 9.17) is 5.10 Å². The second kappa shape index (κ2) is 7.87. The molecule has 6 heteroatoms. The number of aryl methyl sites for hydroxylation is 3. The smallest absolute Gasteiger partial charge is 0.252 e. The minimum atomic E-state index is -0.168. The average Bonchev–Trinajstić information content (AvgIpc) is 3.06. The first-order chi connectivity index (χ1) is 16.3. The van der Waals surface area contributed by atoms with Gasteiger partial charge in [0.1, 0.15) is 5.82 Å². The van der Waals surface area contributed by atoms with Crippen LogP contribution in [0.4, 0.5) is 5.82 Å². The quantitative estimate of drug-likeness (QED) is 0.492. The van der Waals surface area contributed by atoms with Gasteiger partial charge < -0.3 is 5.32 Å². The highest BCUT2D eigenvalue weighted by molar-refractivity contribution is 6.01. The topological polar surface area (TPSA) is 72.7 Å². The summed E-state index contributed by atoms with van der Waals surface area (Å²) in [5, 5.41) is 8.51. The summed E-state index contributed by atoms with van der Waals surface area (Å²) in [7, 11) is 0. The summed E-state index contributed by atoms with van der Waals surface area (Å²) in [6.07, 6.45) is 1.36. The molecule has 35 heavy (non-hydrogen) atoms. The molecule has 0 saturated heterocycles. The third kappa shape index (κ3) is 4.09. The van der Waals surface area contributed by atoms with E-state index < -0.39 is 0 Å². The van der Waals surface area contributed by atoms with E-state index in [1.54, 1.807) is 0 Å². The standard InChI is InChI=1S/C29H35N5O/c1-16-13-17(2)31-27(30-16)34-26-23(18(3)33-34)24(19-9-11-20(12-10-19)28(4,5)6)25-21(32-26)14-29(7,8)15-22(25)35/h9-13,24,32H,14-15H2,1-8H3/t24-/m1/s1. The molecule has 1 atom stereocenters. The minimum absolute atomic E-state index is 0.0636. The Hall–Kier alpha value is -3.28. The van der Waals surface area contributed by atoms with Crippen molar-refractivity contribution in [2.24, 2.45) is 5.41 Å². The van der Waals surface area contributed by atoms with Gasteiger partial charge in [0.2, 0.25) is 0 Å². The molecule has 1 aliphatic carbocycles. The first kappa shape index (κ1) is 23.5. The van der Waals surface area contributed by atoms with Gasteiger partial charge in [-0.05, 0) is 55.2 Å². The molecular formula is C29H35N5O. The molecule has 1 N–H and O–H groups in total. The minimum Gasteiger partial charge on any atom is -0.343 e. The normalized spacial score (nSPS) is 19.3. The second-order valence-corrected chi connectivity index (χ2v) is 12.0. The zero-order valence-corrected chi connectivity index (χ0v) is 22.1. The number of rotatable bonds is 2. The number of anilines is 1. The van der Waals surface area contributed by atoms with Gasteiger partial charge in [0.15, 0.2) is 5.78 Å². The molecule has 5 rings (SSSR count). The monoisotopic (exact) mass is 469 g/mol. The number of aromatic nitrogens is 4. The lowest BCUT2D eigenvalue weighted by Gasteiger charge is -2.38. The summed E-state index contributed by atoms with van der Waals surface area (Å²) in [4.78, 5) is 22.9. The lowest BCUT2D eigenvalue weighted by atomic mass is 9.69. The molecule has 2 aromatic heterocycles. The van der Waals surface area contributed by atoms with Gasteiger partial charge in [-0.2, -0.15) is 9.78 Å². The van der Waals surface area contributed by atoms with Crippen molar-refractivity contribution in [3.05, 3.63) is 75.4 Å². The van der Waals surface area contributed by atoms with Crippen LogP contribution in [0.1, 0.15) is 87.2 Å². The van der Waals surface area contributed by atoms with E-state index in [1.165, 1.54) is 5.56 Å². The fraction of sp³-hybridized carbons (Fsp3) is 0.448. The predicted octanol–water partition coefficient (Wildman–Crippen LogP) is 6.09. The van der Waals surface area contributed by atoms with E-state index >= 15 is 0 Å². The Morgan fingerprint density at radius 2 is 1.63 bits per heavy atom. The van der Waals surface area contributed by atoms with Crippen LogP contribution >= 0.6 is 0 Å². The number of benzene rings is 1. The number of carbonyl (C=O) groups excluding carboxylic acids is 1. The number of ketones is 1. The van der Waals surface area contributed by atoms with Crippen LogP contribution in [-0.2, 0) is 10.2 Å². The molecule has 0 unspecified atom stereocenters. The van der Waals surface area contributed by atoms with Crippen molar-refractivity contribution in [3.8, 4) is 5.95 Å². The van der Waals surface area contributed by atoms with Crippen molar-refractivity contribution in [1.82, 2.24) is 19.7 Å². The molecule has 0 amide bonds. The van der Waals surface area contributed by atoms with Crippen molar-refractivity contribution in [2.45, 2.75) is 79.6 Å². The maximum absolute atomic E-state index is 13.6. The van der Waals surface area contributed by atoms with Crippen LogP contribution < -0.4 is 5.32 Å². The molecule has 0 spiro atoms. The van der Waals surface area contributed by atoms with E-state index in [9.17, 15) is 4.79 Å². The number of allylic oxidation sites excluding steroid dienone is 2. The largest absolute Gasteiger partial charge is 0.343 e. The molecule has 2 aliphatic rings. The van der Waals surface area contributed by atoms with Crippen molar-refractivity contribution in [3.63, 3.8) is 0 Å². The Morgan fingerprint density at radius 1 is 1.00 bits per heavy atom. The number of carbonyl (C=O) groups is 1. The van der Waals surface area contributed by atoms with Crippen molar-refractivity contribution in [2.75, 3.05) is 5.32 Å². The Morgan fingerprint density at radius 3 is 2.23 bits per heavy atom. The maximum Gasteiger partial charge on any atom is 0.252 e. The van der Waals surface area contributed by atoms with E-state index in [2.05, 4.69) is 74.2 Å². The summed E-state index contributed by atoms with van der Waals surface area (Å²) in [6.45, 7) is 16.9. The Bertz CT molecular complexity index is 1350. The van der Waals surface area contributed by atoms with Crippen molar-refractivity contribution in [1.29, 1.82) is 0 Å². The van der Waals surface area contributed by atoms with E-state index in [-0.39, 0.29) is 22.5 Å². The first-order valence-electron chi connectivity index (χ1n) is 12.4. The molecular weight excluding hydrogens is 434 g/mol. The molecule has 0 saturated carbocycles. The maximum atomic E-state index is 13.6. The summed E-state index contributed by atoms with van der Waals surface area (Å²) in [6, 6.07) is 10.7. The SMILES string of the molecule is Cc1cc(C)nc(-n2nc(C)c3c2NC2=C(C(=O)CC(C)(C)C2)[C@@H]3c2ccc(C(C)(C)C)cc2)n1. The Labute approximate surface area is 207 Å². The zero-order valence-electron chi connectivity index (χ0n) is 22.1. The molecule has 3 heterocycles. The molecule has 0 fully saturated rings. The number of hydrogen-bond acceptors (Lipinski definition) is 5. The molecule has 6 nitrogen and oxygen atoms in total. The van der Waals surface area contributed by atoms with Gasteiger partial charge >= 0.3 is 0 Å². The second-order valence-electron chi connectivity index (χ2n) is 12.0. The molecule has 0 radical (unpaired) electrons. The van der Waals surface area contributed by atoms with Crippen LogP contribution in [0.15, 0.2) is 41.6 Å². The molecule has 3 aromatic rings. The zero-order chi connectivity index (χ0) is 25.3. The van der Waals surface area contributed by atoms with Gasteiger partial charge in [-0.25, -0.2) is 9.97 Å². The third-order valence-corrected chi connectivity index (χ3v) is 7.14. The number of nitrogens with one attached hydrogen (secondary N) is 1. The first-order valence-corrected chi connectivity index (χ1v) is 12.4. The molecule has 1 aliphatic heterocycles. The molecule has 182 valence electrons. The van der Waals surface area contributed by atoms with Gasteiger partial charge in [0.05, 0.1) is 5.69 Å². The fourth-order valence-electron chi connectivity index (χ4n) is 5.53. The average molecular weight is 470 g/mol. The van der Waals surface area contributed by atoms with Gasteiger partial charge in [-0.3, -0.25) is 4.79 Å². The molecule has 1 aromatic carbocycles. The van der Waals surface area contributed by atoms with Gasteiger partial charge in [-0.1, -0.05) is 58.9 Å². The lowest BCUT2D eigenvalue weighted by Crippen LogP contribution is -2.34. The Balaban J connectivity index is 1.73. The van der Waals surface area contributed by atoms with E-state index in [0.717, 1.165) is 51.7 Å². The van der Waals surface area contributed by atoms with Crippen LogP contribution in [-0.4, -0.2) is 25.5 Å². The van der Waals surface area contributed by atoms with Crippen LogP contribution in [0.5, 0.6) is 0 Å². The van der Waals surface area contributed by atoms with E-state index in [1.807, 2.05) is 31.5 Å². The van der Waals surface area contributed by atoms with Crippen LogP contribution in [0.3, 0.4) is 0 Å². The van der Waals surface area contributed by atoms with Crippen molar-refractivity contribution >= 4 is 11.6 Å². The van der Waals surface area contributed by atoms with Gasteiger partial charge in [0.25, 0.3) is 5.95 Å². The van der Waals surface area contributed by atoms with Crippen molar-refractivity contribution < 1.29 is 4.79 Å². The number of fused-ring (bicyclic) bond motifs is 1. The highest BCUT2D eigenvalue weighted by Gasteiger charge is 2.43. The number of Topliss-reactive ketones (excluding diaryl/α,β-unsaturated/α-hetero) is 1. The Kier molecular flexibility index (Phi) is 5.28. The highest BCUT2D eigenvalue weighted by atomic mass is 16.1. The van der Waals surface area contributed by atoms with Crippen LogP contribution in [0, 0.1) is 26.2 Å². The highest BCUT2D eigenvalue weighted by Crippen LogP contribution is 2.50. The summed E-state index contributed by atoms with van der Waals surface area (Å²) < 4.78 is 1.82.